The fraction of sp³-hybridized carbons (Fsp3) is 0.308. The Morgan fingerprint density at radius 3 is 2.64 bits per heavy atom. The number of phenols is 1. The van der Waals surface area contributed by atoms with Gasteiger partial charge in [-0.25, -0.2) is 4.99 Å². The number of halogens is 2. The lowest BCUT2D eigenvalue weighted by atomic mass is 9.72. The third-order valence-corrected chi connectivity index (χ3v) is 8.27. The Hall–Kier alpha value is -2.75. The summed E-state index contributed by atoms with van der Waals surface area (Å²) in [4.78, 5) is 29.8. The number of rotatable bonds is 5. The van der Waals surface area contributed by atoms with Crippen molar-refractivity contribution in [3.63, 3.8) is 0 Å². The van der Waals surface area contributed by atoms with E-state index in [1.54, 1.807) is 30.3 Å². The zero-order valence-corrected chi connectivity index (χ0v) is 23.1. The van der Waals surface area contributed by atoms with Crippen molar-refractivity contribution in [3.05, 3.63) is 77.6 Å². The van der Waals surface area contributed by atoms with Crippen LogP contribution in [-0.2, 0) is 12.8 Å². The Morgan fingerprint density at radius 2 is 2.00 bits per heavy atom. The van der Waals surface area contributed by atoms with E-state index in [0.29, 0.717) is 31.7 Å². The SMILES string of the molecule is CC(C)(C)[C@@H]1CCc2c(sc(N=Cc3cc(Br)cc([N+](=O)[O-])c3O)c2C(=O)Nc2ccc(Cl)cc2)C1. The molecule has 3 aromatic rings. The molecule has 36 heavy (non-hydrogen) atoms. The lowest BCUT2D eigenvalue weighted by Gasteiger charge is -2.33. The number of benzene rings is 2. The van der Waals surface area contributed by atoms with Gasteiger partial charge in [0.15, 0.2) is 0 Å². The highest BCUT2D eigenvalue weighted by molar-refractivity contribution is 9.10. The number of carbonyl (C=O) groups excluding carboxylic acids is 1. The van der Waals surface area contributed by atoms with Gasteiger partial charge in [-0.2, -0.15) is 0 Å². The summed E-state index contributed by atoms with van der Waals surface area (Å²) in [7, 11) is 0. The molecule has 1 heterocycles. The van der Waals surface area contributed by atoms with Gasteiger partial charge in [0.05, 0.1) is 10.5 Å². The molecule has 0 radical (unpaired) electrons. The molecular formula is C26H25BrClN3O4S. The van der Waals surface area contributed by atoms with E-state index in [0.717, 1.165) is 29.7 Å². The van der Waals surface area contributed by atoms with Gasteiger partial charge >= 0.3 is 5.69 Å². The molecular weight excluding hydrogens is 566 g/mol. The Kier molecular flexibility index (Phi) is 7.54. The number of nitrogens with zero attached hydrogens (tertiary/aromatic N) is 2. The molecule has 2 N–H and O–H groups in total. The molecule has 1 amide bonds. The number of nitrogens with one attached hydrogen (secondary N) is 1. The number of fused-ring (bicyclic) bond motifs is 1. The Balaban J connectivity index is 1.75. The maximum atomic E-state index is 13.4. The van der Waals surface area contributed by atoms with E-state index in [-0.39, 0.29) is 16.9 Å². The minimum Gasteiger partial charge on any atom is -0.502 e. The monoisotopic (exact) mass is 589 g/mol. The lowest BCUT2D eigenvalue weighted by Crippen LogP contribution is -2.27. The first-order chi connectivity index (χ1) is 16.9. The Bertz CT molecular complexity index is 1360. The number of nitro groups is 1. The van der Waals surface area contributed by atoms with Crippen molar-refractivity contribution in [2.75, 3.05) is 5.32 Å². The highest BCUT2D eigenvalue weighted by Crippen LogP contribution is 2.45. The predicted octanol–water partition coefficient (Wildman–Crippen LogP) is 7.93. The fourth-order valence-electron chi connectivity index (χ4n) is 4.33. The van der Waals surface area contributed by atoms with Crippen LogP contribution in [0.5, 0.6) is 5.75 Å². The number of carbonyl (C=O) groups is 1. The number of nitro benzene ring substituents is 1. The fourth-order valence-corrected chi connectivity index (χ4v) is 6.19. The van der Waals surface area contributed by atoms with Crippen LogP contribution in [0.1, 0.15) is 53.6 Å². The predicted molar refractivity (Wildman–Crippen MR) is 148 cm³/mol. The first kappa shape index (κ1) is 26.3. The van der Waals surface area contributed by atoms with E-state index < -0.39 is 16.4 Å². The molecule has 0 aliphatic heterocycles. The summed E-state index contributed by atoms with van der Waals surface area (Å²) in [6.45, 7) is 6.69. The normalized spacial score (nSPS) is 15.6. The van der Waals surface area contributed by atoms with Crippen molar-refractivity contribution < 1.29 is 14.8 Å². The van der Waals surface area contributed by atoms with Crippen LogP contribution in [-0.4, -0.2) is 22.2 Å². The molecule has 0 spiro atoms. The van der Waals surface area contributed by atoms with Crippen molar-refractivity contribution in [1.29, 1.82) is 0 Å². The summed E-state index contributed by atoms with van der Waals surface area (Å²) in [5.74, 6) is -0.279. The summed E-state index contributed by atoms with van der Waals surface area (Å²) < 4.78 is 0.438. The smallest absolute Gasteiger partial charge is 0.312 e. The first-order valence-electron chi connectivity index (χ1n) is 11.4. The maximum absolute atomic E-state index is 13.4. The van der Waals surface area contributed by atoms with Crippen LogP contribution in [0, 0.1) is 21.4 Å². The third-order valence-electron chi connectivity index (χ3n) is 6.40. The molecule has 1 aliphatic rings. The topological polar surface area (TPSA) is 105 Å². The van der Waals surface area contributed by atoms with Crippen molar-refractivity contribution in [2.45, 2.75) is 40.0 Å². The molecule has 7 nitrogen and oxygen atoms in total. The number of aliphatic imine (C=N–C) groups is 1. The number of hydrogen-bond donors (Lipinski definition) is 2. The lowest BCUT2D eigenvalue weighted by molar-refractivity contribution is -0.385. The van der Waals surface area contributed by atoms with Gasteiger partial charge in [-0.1, -0.05) is 48.3 Å². The van der Waals surface area contributed by atoms with Crippen LogP contribution in [0.4, 0.5) is 16.4 Å². The standard InChI is InChI=1S/C26H25BrClN3O4S/c1-26(2,3)15-4-9-19-21(11-15)36-25(22(19)24(33)30-18-7-5-17(28)6-8-18)29-13-14-10-16(27)12-20(23(14)32)31(34)35/h5-8,10,12-13,15,32H,4,9,11H2,1-3H3,(H,30,33)/t15-/m1/s1. The first-order valence-corrected chi connectivity index (χ1v) is 13.3. The van der Waals surface area contributed by atoms with E-state index in [4.69, 9.17) is 11.6 Å². The van der Waals surface area contributed by atoms with E-state index >= 15 is 0 Å². The summed E-state index contributed by atoms with van der Waals surface area (Å²) in [6, 6.07) is 9.65. The number of phenolic OH excluding ortho intramolecular Hbond substituents is 1. The molecule has 2 aromatic carbocycles. The Labute approximate surface area is 226 Å². The van der Waals surface area contributed by atoms with Crippen LogP contribution < -0.4 is 5.32 Å². The van der Waals surface area contributed by atoms with Crippen LogP contribution in [0.25, 0.3) is 0 Å². The summed E-state index contributed by atoms with van der Waals surface area (Å²) in [6.07, 6.45) is 3.95. The number of hydrogen-bond acceptors (Lipinski definition) is 6. The van der Waals surface area contributed by atoms with Gasteiger partial charge in [0.2, 0.25) is 5.75 Å². The van der Waals surface area contributed by atoms with Crippen molar-refractivity contribution in [1.82, 2.24) is 0 Å². The van der Waals surface area contributed by atoms with Gasteiger partial charge in [-0.3, -0.25) is 14.9 Å². The van der Waals surface area contributed by atoms with Crippen molar-refractivity contribution in [3.8, 4) is 5.75 Å². The van der Waals surface area contributed by atoms with Gasteiger partial charge in [-0.05, 0) is 66.5 Å². The molecule has 0 saturated carbocycles. The molecule has 0 fully saturated rings. The van der Waals surface area contributed by atoms with Crippen LogP contribution in [0.3, 0.4) is 0 Å². The van der Waals surface area contributed by atoms with Gasteiger partial charge < -0.3 is 10.4 Å². The van der Waals surface area contributed by atoms with Crippen molar-refractivity contribution in [2.24, 2.45) is 16.3 Å². The number of thiophene rings is 1. The van der Waals surface area contributed by atoms with E-state index in [1.165, 1.54) is 23.6 Å². The average molecular weight is 591 g/mol. The second-order valence-electron chi connectivity index (χ2n) is 9.83. The van der Waals surface area contributed by atoms with Crippen LogP contribution >= 0.6 is 38.9 Å². The maximum Gasteiger partial charge on any atom is 0.312 e. The zero-order chi connectivity index (χ0) is 26.2. The number of anilines is 1. The molecule has 188 valence electrons. The minimum atomic E-state index is -0.654. The molecule has 0 saturated heterocycles. The van der Waals surface area contributed by atoms with E-state index in [9.17, 15) is 20.0 Å². The molecule has 1 atom stereocenters. The second-order valence-corrected chi connectivity index (χ2v) is 12.3. The molecule has 10 heteroatoms. The van der Waals surface area contributed by atoms with Gasteiger partial charge in [0, 0.05) is 37.9 Å². The molecule has 0 bridgehead atoms. The second kappa shape index (κ2) is 10.3. The van der Waals surface area contributed by atoms with Crippen LogP contribution in [0.2, 0.25) is 5.02 Å². The molecule has 4 rings (SSSR count). The van der Waals surface area contributed by atoms with Crippen LogP contribution in [0.15, 0.2) is 45.9 Å². The molecule has 1 aliphatic carbocycles. The highest BCUT2D eigenvalue weighted by Gasteiger charge is 2.33. The van der Waals surface area contributed by atoms with Crippen molar-refractivity contribution >= 4 is 67.4 Å². The average Bonchev–Trinajstić information content (AvgIpc) is 3.18. The Morgan fingerprint density at radius 1 is 1.31 bits per heavy atom. The van der Waals surface area contributed by atoms with Gasteiger partial charge in [-0.15, -0.1) is 11.3 Å². The number of aromatic hydroxyl groups is 1. The summed E-state index contributed by atoms with van der Waals surface area (Å²) in [5.41, 5.74) is 1.99. The van der Waals surface area contributed by atoms with Gasteiger partial charge in [0.25, 0.3) is 5.91 Å². The summed E-state index contributed by atoms with van der Waals surface area (Å²) in [5, 5.41) is 25.7. The zero-order valence-electron chi connectivity index (χ0n) is 20.0. The van der Waals surface area contributed by atoms with E-state index in [1.807, 2.05) is 0 Å². The quantitative estimate of drug-likeness (QED) is 0.179. The third kappa shape index (κ3) is 5.63. The highest BCUT2D eigenvalue weighted by atomic mass is 79.9. The molecule has 0 unspecified atom stereocenters. The largest absolute Gasteiger partial charge is 0.502 e. The number of amides is 1. The minimum absolute atomic E-state index is 0.137. The summed E-state index contributed by atoms with van der Waals surface area (Å²) >= 11 is 10.7. The van der Waals surface area contributed by atoms with E-state index in [2.05, 4.69) is 47.0 Å². The van der Waals surface area contributed by atoms with Gasteiger partial charge in [0.1, 0.15) is 5.00 Å². The molecule has 1 aromatic heterocycles.